The SMILES string of the molecule is CCOc1ccc(-c2nc(CSCC(=O)CCCc3ccccc3)c(C)o2)cc1.CCOc1ccc(-c2nc(CSCC(=O)CCc3ccc(C)cc3)c(C)o2)cc1.CCOc1ccc(-c2nc(CSCC(=O)CCc3ccc(Cl)cc3)c(C)o2)cc1. The van der Waals surface area contributed by atoms with Crippen molar-refractivity contribution in [1.29, 1.82) is 0 Å². The lowest BCUT2D eigenvalue weighted by Gasteiger charge is -2.02. The molecule has 0 bridgehead atoms. The van der Waals surface area contributed by atoms with Crippen LogP contribution in [0.4, 0.5) is 0 Å². The van der Waals surface area contributed by atoms with Crippen LogP contribution in [-0.4, -0.2) is 69.4 Å². The van der Waals surface area contributed by atoms with E-state index in [1.54, 1.807) is 35.3 Å². The van der Waals surface area contributed by atoms with Crippen molar-refractivity contribution < 1.29 is 41.8 Å². The number of carbonyl (C=O) groups excluding carboxylic acids is 3. The number of thioether (sulfide) groups is 3. The summed E-state index contributed by atoms with van der Waals surface area (Å²) in [6.45, 7) is 15.6. The molecule has 0 spiro atoms. The topological polar surface area (TPSA) is 157 Å². The largest absolute Gasteiger partial charge is 0.494 e. The molecule has 9 aromatic rings. The Morgan fingerprint density at radius 1 is 0.414 bits per heavy atom. The van der Waals surface area contributed by atoms with Gasteiger partial charge in [-0.05, 0) is 176 Å². The third-order valence-electron chi connectivity index (χ3n) is 13.6. The van der Waals surface area contributed by atoms with E-state index >= 15 is 0 Å². The molecule has 87 heavy (non-hydrogen) atoms. The van der Waals surface area contributed by atoms with Crippen LogP contribution in [0.25, 0.3) is 34.4 Å². The van der Waals surface area contributed by atoms with E-state index in [-0.39, 0.29) is 11.6 Å². The highest BCUT2D eigenvalue weighted by atomic mass is 35.5. The highest BCUT2D eigenvalue weighted by Crippen LogP contribution is 2.30. The van der Waals surface area contributed by atoms with Crippen molar-refractivity contribution in [2.45, 2.75) is 111 Å². The van der Waals surface area contributed by atoms with Crippen molar-refractivity contribution in [3.63, 3.8) is 0 Å². The second-order valence-corrected chi connectivity index (χ2v) is 23.9. The summed E-state index contributed by atoms with van der Waals surface area (Å²) in [6.07, 6.45) is 5.11. The van der Waals surface area contributed by atoms with Crippen molar-refractivity contribution in [3.8, 4) is 51.6 Å². The quantitative estimate of drug-likeness (QED) is 0.0404. The Hall–Kier alpha value is -7.30. The normalized spacial score (nSPS) is 10.9. The smallest absolute Gasteiger partial charge is 0.226 e. The van der Waals surface area contributed by atoms with Gasteiger partial charge in [0.2, 0.25) is 17.7 Å². The number of aryl methyl sites for hydroxylation is 7. The van der Waals surface area contributed by atoms with Gasteiger partial charge in [-0.3, -0.25) is 14.4 Å². The predicted octanol–water partition coefficient (Wildman–Crippen LogP) is 17.8. The number of Topliss-reactive ketones (excluding diaryl/α,β-unsaturated/α-hetero) is 3. The number of aromatic nitrogens is 3. The van der Waals surface area contributed by atoms with Crippen LogP contribution in [0.5, 0.6) is 17.2 Å². The highest BCUT2D eigenvalue weighted by molar-refractivity contribution is 7.99. The Morgan fingerprint density at radius 3 is 1.10 bits per heavy atom. The summed E-state index contributed by atoms with van der Waals surface area (Å²) in [5, 5.41) is 0.711. The van der Waals surface area contributed by atoms with Gasteiger partial charge in [0.1, 0.15) is 51.9 Å². The first-order valence-corrected chi connectivity index (χ1v) is 33.3. The molecule has 0 aliphatic heterocycles. The molecule has 0 fully saturated rings. The fourth-order valence-electron chi connectivity index (χ4n) is 8.75. The Kier molecular flexibility index (Phi) is 27.9. The van der Waals surface area contributed by atoms with Gasteiger partial charge in [0.15, 0.2) is 0 Å². The number of oxazole rings is 3. The third kappa shape index (κ3) is 23.1. The molecular formula is C71H78ClN3O9S3. The molecule has 0 saturated heterocycles. The van der Waals surface area contributed by atoms with Crippen LogP contribution in [0, 0.1) is 27.7 Å². The summed E-state index contributed by atoms with van der Waals surface area (Å²) in [5.41, 5.74) is 10.3. The van der Waals surface area contributed by atoms with Gasteiger partial charge in [-0.1, -0.05) is 83.9 Å². The maximum absolute atomic E-state index is 12.2. The monoisotopic (exact) mass is 1250 g/mol. The second-order valence-electron chi connectivity index (χ2n) is 20.5. The second kappa shape index (κ2) is 36.1. The van der Waals surface area contributed by atoms with Crippen molar-refractivity contribution >= 4 is 64.2 Å². The van der Waals surface area contributed by atoms with Crippen molar-refractivity contribution in [2.75, 3.05) is 37.1 Å². The van der Waals surface area contributed by atoms with Crippen LogP contribution in [0.2, 0.25) is 5.02 Å². The molecule has 0 aliphatic rings. The molecule has 456 valence electrons. The number of hydrogen-bond acceptors (Lipinski definition) is 15. The molecule has 0 amide bonds. The standard InChI is InChI=1S/2C24H27NO3S.C23H24ClNO3S/c1-4-27-22-13-10-20(11-14-22)24-25-23(18(3)28-24)16-29-15-21(26)12-9-19-7-5-17(2)6-8-19;1-3-27-22-14-12-20(13-15-22)24-25-23(18(2)28-24)17-29-16-21(26)11-7-10-19-8-5-4-6-9-19;1-3-27-21-12-7-18(8-13-21)23-25-22(16(2)28-23)15-29-14-20(26)11-6-17-4-9-19(24)10-5-17/h5-8,10-11,13-14H,4,9,12,15-16H2,1-3H3;4-6,8-9,12-15H,3,7,10-11,16-17H2,1-2H3;4-5,7-10,12-13H,3,6,11,14-15H2,1-2H3. The number of hydrogen-bond donors (Lipinski definition) is 0. The lowest BCUT2D eigenvalue weighted by molar-refractivity contribution is -0.117. The van der Waals surface area contributed by atoms with E-state index in [0.29, 0.717) is 102 Å². The van der Waals surface area contributed by atoms with Gasteiger partial charge in [-0.2, -0.15) is 0 Å². The zero-order valence-electron chi connectivity index (χ0n) is 50.9. The molecule has 16 heteroatoms. The number of benzene rings is 6. The van der Waals surface area contributed by atoms with Crippen LogP contribution in [0.1, 0.15) is 103 Å². The first-order valence-electron chi connectivity index (χ1n) is 29.5. The number of carbonyl (C=O) groups is 3. The molecule has 6 aromatic carbocycles. The summed E-state index contributed by atoms with van der Waals surface area (Å²) in [5.74, 6) is 11.0. The fraction of sp³-hybridized carbons (Fsp3) is 0.324. The molecule has 12 nitrogen and oxygen atoms in total. The molecule has 3 heterocycles. The molecule has 9 rings (SSSR count). The Morgan fingerprint density at radius 2 is 0.747 bits per heavy atom. The van der Waals surface area contributed by atoms with Gasteiger partial charge < -0.3 is 27.5 Å². The summed E-state index contributed by atoms with van der Waals surface area (Å²) in [7, 11) is 0. The molecule has 0 unspecified atom stereocenters. The minimum Gasteiger partial charge on any atom is -0.494 e. The number of halogens is 1. The molecular weight excluding hydrogens is 1170 g/mol. The lowest BCUT2D eigenvalue weighted by Crippen LogP contribution is -2.04. The molecule has 0 aliphatic carbocycles. The average Bonchev–Trinajstić information content (AvgIpc) is 4.45. The van der Waals surface area contributed by atoms with Gasteiger partial charge >= 0.3 is 0 Å². The van der Waals surface area contributed by atoms with E-state index in [2.05, 4.69) is 58.3 Å². The Labute approximate surface area is 530 Å². The van der Waals surface area contributed by atoms with Crippen molar-refractivity contribution in [2.24, 2.45) is 0 Å². The summed E-state index contributed by atoms with van der Waals surface area (Å²) >= 11 is 10.6. The maximum atomic E-state index is 12.2. The molecule has 0 saturated carbocycles. The first-order chi connectivity index (χ1) is 42.2. The Bertz CT molecular complexity index is 3350. The fourth-order valence-corrected chi connectivity index (χ4v) is 11.7. The molecule has 0 N–H and O–H groups in total. The highest BCUT2D eigenvalue weighted by Gasteiger charge is 2.17. The minimum atomic E-state index is 0.234. The van der Waals surface area contributed by atoms with E-state index in [4.69, 9.17) is 39.1 Å². The van der Waals surface area contributed by atoms with Crippen molar-refractivity contribution in [3.05, 3.63) is 213 Å². The van der Waals surface area contributed by atoms with Crippen LogP contribution in [0.15, 0.2) is 165 Å². The predicted molar refractivity (Wildman–Crippen MR) is 356 cm³/mol. The molecule has 0 atom stereocenters. The van der Waals surface area contributed by atoms with Crippen LogP contribution < -0.4 is 14.2 Å². The number of ether oxygens (including phenoxy) is 3. The average molecular weight is 1250 g/mol. The van der Waals surface area contributed by atoms with Crippen LogP contribution >= 0.6 is 46.9 Å². The zero-order valence-corrected chi connectivity index (χ0v) is 54.1. The van der Waals surface area contributed by atoms with Crippen LogP contribution in [-0.2, 0) is 50.9 Å². The van der Waals surface area contributed by atoms with Crippen molar-refractivity contribution in [1.82, 2.24) is 15.0 Å². The minimum absolute atomic E-state index is 0.234. The van der Waals surface area contributed by atoms with Gasteiger partial charge in [-0.15, -0.1) is 35.3 Å². The number of nitrogens with zero attached hydrogens (tertiary/aromatic N) is 3. The van der Waals surface area contributed by atoms with Gasteiger partial charge in [0.05, 0.1) is 54.2 Å². The van der Waals surface area contributed by atoms with E-state index in [0.717, 1.165) is 99.5 Å². The lowest BCUT2D eigenvalue weighted by atomic mass is 10.1. The van der Waals surface area contributed by atoms with E-state index in [1.165, 1.54) is 16.7 Å². The van der Waals surface area contributed by atoms with Gasteiger partial charge in [-0.25, -0.2) is 15.0 Å². The third-order valence-corrected chi connectivity index (χ3v) is 16.9. The zero-order chi connectivity index (χ0) is 61.8. The summed E-state index contributed by atoms with van der Waals surface area (Å²) in [6, 6.07) is 49.4. The number of rotatable bonds is 31. The molecule has 0 radical (unpaired) electrons. The number of ketones is 3. The van der Waals surface area contributed by atoms with E-state index in [1.807, 2.05) is 157 Å². The van der Waals surface area contributed by atoms with E-state index in [9.17, 15) is 14.4 Å². The van der Waals surface area contributed by atoms with Gasteiger partial charge in [0.25, 0.3) is 0 Å². The van der Waals surface area contributed by atoms with Crippen LogP contribution in [0.3, 0.4) is 0 Å². The molecule has 3 aromatic heterocycles. The van der Waals surface area contributed by atoms with Gasteiger partial charge in [0, 0.05) is 58.2 Å². The summed E-state index contributed by atoms with van der Waals surface area (Å²) < 4.78 is 33.9. The summed E-state index contributed by atoms with van der Waals surface area (Å²) in [4.78, 5) is 50.3. The Balaban J connectivity index is 0.000000186. The first kappa shape index (κ1) is 67.2. The maximum Gasteiger partial charge on any atom is 0.226 e. The van der Waals surface area contributed by atoms with E-state index < -0.39 is 0 Å².